The van der Waals surface area contributed by atoms with Crippen LogP contribution in [0, 0.1) is 11.8 Å². The molecule has 0 saturated heterocycles. The summed E-state index contributed by atoms with van der Waals surface area (Å²) in [7, 11) is 0. The summed E-state index contributed by atoms with van der Waals surface area (Å²) in [6, 6.07) is 11.3. The number of benzene rings is 2. The second-order valence-corrected chi connectivity index (χ2v) is 10.2. The van der Waals surface area contributed by atoms with Gasteiger partial charge in [0.25, 0.3) is 5.91 Å². The Morgan fingerprint density at radius 2 is 1.69 bits per heavy atom. The van der Waals surface area contributed by atoms with Crippen LogP contribution < -0.4 is 20.7 Å². The lowest BCUT2D eigenvalue weighted by Crippen LogP contribution is -2.52. The van der Waals surface area contributed by atoms with Gasteiger partial charge in [-0.15, -0.1) is 0 Å². The number of nitrogens with two attached hydrogens (primary N) is 1. The smallest absolute Gasteiger partial charge is 0.389 e. The summed E-state index contributed by atoms with van der Waals surface area (Å²) in [5.74, 6) is -6.87. The summed E-state index contributed by atoms with van der Waals surface area (Å²) >= 11 is 6.18. The number of anilines is 1. The van der Waals surface area contributed by atoms with E-state index in [2.05, 4.69) is 10.3 Å². The van der Waals surface area contributed by atoms with Crippen LogP contribution in [0.15, 0.2) is 47.5 Å². The molecule has 2 aromatic carbocycles. The third-order valence-electron chi connectivity index (χ3n) is 6.90. The summed E-state index contributed by atoms with van der Waals surface area (Å²) in [6.45, 7) is 0.130. The van der Waals surface area contributed by atoms with E-state index in [-0.39, 0.29) is 18.9 Å². The largest absolute Gasteiger partial charge is 0.490 e. The number of para-hydroxylation sites is 1. The summed E-state index contributed by atoms with van der Waals surface area (Å²) in [5.41, 5.74) is 6.68. The van der Waals surface area contributed by atoms with Crippen molar-refractivity contribution in [3.8, 4) is 5.75 Å². The van der Waals surface area contributed by atoms with Crippen LogP contribution in [0.2, 0.25) is 5.02 Å². The topological polar surface area (TPSA) is 114 Å². The molecule has 8 nitrogen and oxygen atoms in total. The number of halogens is 7. The number of carbonyl (C=O) groups excluding carboxylic acids is 3. The predicted molar refractivity (Wildman–Crippen MR) is 140 cm³/mol. The third kappa shape index (κ3) is 7.33. The van der Waals surface area contributed by atoms with Crippen molar-refractivity contribution in [2.24, 2.45) is 22.6 Å². The maximum absolute atomic E-state index is 13.7. The van der Waals surface area contributed by atoms with Crippen LogP contribution in [0.1, 0.15) is 36.8 Å². The number of hydrogen-bond donors (Lipinski definition) is 2. The van der Waals surface area contributed by atoms with Crippen LogP contribution in [0.25, 0.3) is 0 Å². The molecule has 15 heteroatoms. The summed E-state index contributed by atoms with van der Waals surface area (Å²) in [4.78, 5) is 45.0. The first kappa shape index (κ1) is 31.1. The van der Waals surface area contributed by atoms with Crippen molar-refractivity contribution in [1.29, 1.82) is 0 Å². The second kappa shape index (κ2) is 12.2. The first-order chi connectivity index (χ1) is 19.6. The molecule has 2 aromatic rings. The van der Waals surface area contributed by atoms with Gasteiger partial charge >= 0.3 is 12.4 Å². The maximum atomic E-state index is 13.7. The Hall–Kier alpha value is -3.81. The van der Waals surface area contributed by atoms with Crippen molar-refractivity contribution in [2.75, 3.05) is 18.1 Å². The molecule has 0 fully saturated rings. The standard InChI is InChI=1S/C27H25ClF6N4O4/c28-15-4-1-3-14(13-15)20-18-5-2-6-19-21(18)38(11-12-42-19)25(41)23(36-20)37-24(40)17(8-10-27(32,33)34)16(22(35)39)7-9-26(29,30)31/h1-6,13,16-17,23H,7-12H2,(H2,35,39)(H,37,40). The number of hydrogen-bond acceptors (Lipinski definition) is 5. The number of nitrogens with zero attached hydrogens (tertiary/aromatic N) is 2. The fraction of sp³-hybridized carbons (Fsp3) is 0.407. The van der Waals surface area contributed by atoms with E-state index in [1.165, 1.54) is 4.90 Å². The number of ether oxygens (including phenoxy) is 1. The minimum Gasteiger partial charge on any atom is -0.490 e. The predicted octanol–water partition coefficient (Wildman–Crippen LogP) is 4.76. The van der Waals surface area contributed by atoms with Gasteiger partial charge in [-0.3, -0.25) is 14.4 Å². The van der Waals surface area contributed by atoms with E-state index >= 15 is 0 Å². The molecule has 2 heterocycles. The molecule has 0 spiro atoms. The van der Waals surface area contributed by atoms with E-state index in [0.29, 0.717) is 27.6 Å². The van der Waals surface area contributed by atoms with E-state index in [9.17, 15) is 40.7 Å². The molecule has 4 rings (SSSR count). The Labute approximate surface area is 240 Å². The van der Waals surface area contributed by atoms with Crippen molar-refractivity contribution in [3.63, 3.8) is 0 Å². The molecule has 226 valence electrons. The molecule has 3 N–H and O–H groups in total. The first-order valence-corrected chi connectivity index (χ1v) is 13.2. The van der Waals surface area contributed by atoms with Crippen molar-refractivity contribution in [3.05, 3.63) is 58.6 Å². The van der Waals surface area contributed by atoms with Crippen LogP contribution >= 0.6 is 11.6 Å². The lowest BCUT2D eigenvalue weighted by atomic mass is 9.83. The van der Waals surface area contributed by atoms with Crippen LogP contribution in [0.3, 0.4) is 0 Å². The van der Waals surface area contributed by atoms with Crippen molar-refractivity contribution in [2.45, 2.75) is 44.2 Å². The van der Waals surface area contributed by atoms with Crippen LogP contribution in [-0.4, -0.2) is 55.1 Å². The fourth-order valence-electron chi connectivity index (χ4n) is 4.99. The van der Waals surface area contributed by atoms with Gasteiger partial charge in [-0.2, -0.15) is 26.3 Å². The highest BCUT2D eigenvalue weighted by Gasteiger charge is 2.42. The zero-order chi connectivity index (χ0) is 30.8. The van der Waals surface area contributed by atoms with Crippen LogP contribution in [0.5, 0.6) is 5.75 Å². The fourth-order valence-corrected chi connectivity index (χ4v) is 5.18. The molecule has 42 heavy (non-hydrogen) atoms. The zero-order valence-corrected chi connectivity index (χ0v) is 22.5. The van der Waals surface area contributed by atoms with Gasteiger partial charge in [-0.05, 0) is 31.0 Å². The van der Waals surface area contributed by atoms with Crippen LogP contribution in [0.4, 0.5) is 32.0 Å². The molecule has 0 aromatic heterocycles. The van der Waals surface area contributed by atoms with Gasteiger partial charge in [0.15, 0.2) is 0 Å². The van der Waals surface area contributed by atoms with E-state index < -0.39 is 73.8 Å². The quantitative estimate of drug-likeness (QED) is 0.395. The molecular weight excluding hydrogens is 594 g/mol. The molecular formula is C27H25ClF6N4O4. The van der Waals surface area contributed by atoms with E-state index in [1.54, 1.807) is 42.5 Å². The number of rotatable bonds is 9. The molecule has 0 bridgehead atoms. The van der Waals surface area contributed by atoms with Gasteiger partial charge in [0.1, 0.15) is 12.4 Å². The molecule has 0 saturated carbocycles. The van der Waals surface area contributed by atoms with Gasteiger partial charge in [0, 0.05) is 40.8 Å². The van der Waals surface area contributed by atoms with Gasteiger partial charge < -0.3 is 20.7 Å². The van der Waals surface area contributed by atoms with Crippen molar-refractivity contribution >= 4 is 40.7 Å². The number of primary amides is 1. The number of alkyl halides is 6. The highest BCUT2D eigenvalue weighted by molar-refractivity contribution is 6.31. The molecule has 3 atom stereocenters. The zero-order valence-electron chi connectivity index (χ0n) is 21.8. The van der Waals surface area contributed by atoms with Gasteiger partial charge in [-0.25, -0.2) is 4.99 Å². The SMILES string of the molecule is NC(=O)C(CCC(F)(F)F)C(CCC(F)(F)F)C(=O)NC1N=C(c2cccc(Cl)c2)c2cccc3c2N(CCO3)C1=O. The van der Waals surface area contributed by atoms with Crippen molar-refractivity contribution in [1.82, 2.24) is 5.32 Å². The summed E-state index contributed by atoms with van der Waals surface area (Å²) in [5, 5.41) is 2.61. The third-order valence-corrected chi connectivity index (χ3v) is 7.13. The molecule has 2 aliphatic heterocycles. The van der Waals surface area contributed by atoms with E-state index in [0.717, 1.165) is 0 Å². The molecule has 0 aliphatic carbocycles. The Morgan fingerprint density at radius 1 is 1.05 bits per heavy atom. The second-order valence-electron chi connectivity index (χ2n) is 9.81. The van der Waals surface area contributed by atoms with Gasteiger partial charge in [0.2, 0.25) is 18.0 Å². The normalized spacial score (nSPS) is 18.3. The summed E-state index contributed by atoms with van der Waals surface area (Å²) < 4.78 is 83.9. The van der Waals surface area contributed by atoms with Gasteiger partial charge in [0.05, 0.1) is 17.9 Å². The average Bonchev–Trinajstić information content (AvgIpc) is 3.01. The highest BCUT2D eigenvalue weighted by atomic mass is 35.5. The highest BCUT2D eigenvalue weighted by Crippen LogP contribution is 2.39. The van der Waals surface area contributed by atoms with Gasteiger partial charge in [-0.1, -0.05) is 35.9 Å². The average molecular weight is 619 g/mol. The van der Waals surface area contributed by atoms with E-state index in [4.69, 9.17) is 22.1 Å². The molecule has 2 aliphatic rings. The number of amides is 3. The Morgan fingerprint density at radius 3 is 2.31 bits per heavy atom. The molecule has 3 unspecified atom stereocenters. The number of carbonyl (C=O) groups is 3. The summed E-state index contributed by atoms with van der Waals surface area (Å²) in [6.07, 6.45) is -16.4. The number of aliphatic imine (C=N–C) groups is 1. The first-order valence-electron chi connectivity index (χ1n) is 12.8. The lowest BCUT2D eigenvalue weighted by molar-refractivity contribution is -0.152. The Kier molecular flexibility index (Phi) is 9.04. The monoisotopic (exact) mass is 618 g/mol. The molecule has 0 radical (unpaired) electrons. The van der Waals surface area contributed by atoms with Crippen LogP contribution in [-0.2, 0) is 14.4 Å². The lowest BCUT2D eigenvalue weighted by Gasteiger charge is -2.31. The maximum Gasteiger partial charge on any atom is 0.389 e. The molecule has 3 amide bonds. The van der Waals surface area contributed by atoms with E-state index in [1.807, 2.05) is 0 Å². The Bertz CT molecular complexity index is 1400. The number of nitrogens with one attached hydrogen (secondary N) is 1. The minimum atomic E-state index is -4.79. The van der Waals surface area contributed by atoms with Crippen molar-refractivity contribution < 1.29 is 45.5 Å². The minimum absolute atomic E-state index is 0.0422. The Balaban J connectivity index is 1.75.